The molecule has 7 nitrogen and oxygen atoms in total. The highest BCUT2D eigenvalue weighted by atomic mass is 35.5. The number of aryl methyl sites for hydroxylation is 1. The number of benzene rings is 1. The maximum absolute atomic E-state index is 12.7. The first kappa shape index (κ1) is 19.1. The van der Waals surface area contributed by atoms with Crippen LogP contribution in [0.3, 0.4) is 0 Å². The fourth-order valence-electron chi connectivity index (χ4n) is 3.40. The van der Waals surface area contributed by atoms with Gasteiger partial charge in [0.25, 0.3) is 0 Å². The summed E-state index contributed by atoms with van der Waals surface area (Å²) < 4.78 is 5.42. The zero-order chi connectivity index (χ0) is 20.5. The van der Waals surface area contributed by atoms with E-state index in [-0.39, 0.29) is 18.0 Å². The number of halogens is 1. The maximum Gasteiger partial charge on any atom is 0.243 e. The molecule has 1 aromatic carbocycles. The van der Waals surface area contributed by atoms with Gasteiger partial charge in [-0.1, -0.05) is 23.7 Å². The number of carboxylic acids is 1. The van der Waals surface area contributed by atoms with Crippen molar-refractivity contribution in [1.29, 1.82) is 0 Å². The number of hydrogen-bond donors (Lipinski definition) is 0. The molecular weight excluding hydrogens is 394 g/mol. The first-order chi connectivity index (χ1) is 13.9. The van der Waals surface area contributed by atoms with E-state index in [1.165, 1.54) is 11.3 Å². The summed E-state index contributed by atoms with van der Waals surface area (Å²) in [7, 11) is 0. The largest absolute Gasteiger partial charge is 0.550 e. The molecule has 1 amide bonds. The summed E-state index contributed by atoms with van der Waals surface area (Å²) in [5.41, 5.74) is 3.06. The summed E-state index contributed by atoms with van der Waals surface area (Å²) in [4.78, 5) is 28.0. The molecule has 0 N–H and O–H groups in total. The molecule has 3 heterocycles. The van der Waals surface area contributed by atoms with Crippen molar-refractivity contribution >= 4 is 40.1 Å². The number of nitrogens with zero attached hydrogens (tertiary/aromatic N) is 3. The van der Waals surface area contributed by atoms with Crippen molar-refractivity contribution in [2.24, 2.45) is 5.10 Å². The Morgan fingerprint density at radius 1 is 1.28 bits per heavy atom. The number of carbonyl (C=O) groups excluding carboxylic acids is 2. The SMILES string of the molecule is Cc1ccc2cc([C@H]3CC(c4ccco4)=NN3C(=O)CCC(=O)[O-])c(Cl)nc2c1. The van der Waals surface area contributed by atoms with Gasteiger partial charge in [-0.3, -0.25) is 4.79 Å². The van der Waals surface area contributed by atoms with Crippen LogP contribution in [0.15, 0.2) is 52.2 Å². The molecule has 2 aromatic heterocycles. The van der Waals surface area contributed by atoms with Gasteiger partial charge in [-0.2, -0.15) is 5.10 Å². The van der Waals surface area contributed by atoms with E-state index in [0.29, 0.717) is 23.5 Å². The van der Waals surface area contributed by atoms with Crippen LogP contribution in [0, 0.1) is 6.92 Å². The molecule has 8 heteroatoms. The Hall–Kier alpha value is -3.19. The average Bonchev–Trinajstić information content (AvgIpc) is 3.35. The van der Waals surface area contributed by atoms with Crippen LogP contribution in [0.4, 0.5) is 0 Å². The van der Waals surface area contributed by atoms with E-state index >= 15 is 0 Å². The molecular formula is C21H17ClN3O4-. The standard InChI is InChI=1S/C21H18ClN3O4/c1-12-4-5-13-10-14(21(22)23-15(13)9-12)17-11-16(18-3-2-8-29-18)24-25(17)19(26)6-7-20(27)28/h2-5,8-10,17H,6-7,11H2,1H3,(H,27,28)/p-1/t17-/m1/s1. The molecule has 0 saturated heterocycles. The van der Waals surface area contributed by atoms with Crippen molar-refractivity contribution in [3.8, 4) is 0 Å². The second-order valence-electron chi connectivity index (χ2n) is 6.92. The van der Waals surface area contributed by atoms with Crippen molar-refractivity contribution in [2.75, 3.05) is 0 Å². The van der Waals surface area contributed by atoms with E-state index in [0.717, 1.165) is 16.5 Å². The van der Waals surface area contributed by atoms with Crippen LogP contribution < -0.4 is 5.11 Å². The number of aromatic nitrogens is 1. The van der Waals surface area contributed by atoms with Crippen molar-refractivity contribution in [2.45, 2.75) is 32.2 Å². The average molecular weight is 411 g/mol. The molecule has 0 spiro atoms. The number of carbonyl (C=O) groups is 2. The number of amides is 1. The Kier molecular flexibility index (Phi) is 5.07. The molecule has 148 valence electrons. The fourth-order valence-corrected chi connectivity index (χ4v) is 3.67. The van der Waals surface area contributed by atoms with E-state index < -0.39 is 17.9 Å². The first-order valence-electron chi connectivity index (χ1n) is 9.12. The molecule has 0 saturated carbocycles. The minimum Gasteiger partial charge on any atom is -0.550 e. The number of fused-ring (bicyclic) bond motifs is 1. The van der Waals surface area contributed by atoms with E-state index in [9.17, 15) is 14.7 Å². The van der Waals surface area contributed by atoms with Gasteiger partial charge >= 0.3 is 0 Å². The van der Waals surface area contributed by atoms with Gasteiger partial charge in [-0.25, -0.2) is 9.99 Å². The highest BCUT2D eigenvalue weighted by Gasteiger charge is 2.35. The van der Waals surface area contributed by atoms with Crippen molar-refractivity contribution < 1.29 is 19.1 Å². The summed E-state index contributed by atoms with van der Waals surface area (Å²) >= 11 is 6.48. The van der Waals surface area contributed by atoms with Gasteiger partial charge in [0, 0.05) is 29.8 Å². The summed E-state index contributed by atoms with van der Waals surface area (Å²) in [5.74, 6) is -1.17. The van der Waals surface area contributed by atoms with Crippen LogP contribution in [0.5, 0.6) is 0 Å². The lowest BCUT2D eigenvalue weighted by atomic mass is 10.00. The van der Waals surface area contributed by atoms with Crippen molar-refractivity contribution in [3.63, 3.8) is 0 Å². The molecule has 0 bridgehead atoms. The van der Waals surface area contributed by atoms with Crippen LogP contribution in [-0.4, -0.2) is 27.6 Å². The molecule has 1 aliphatic heterocycles. The zero-order valence-corrected chi connectivity index (χ0v) is 16.3. The van der Waals surface area contributed by atoms with Crippen LogP contribution in [-0.2, 0) is 9.59 Å². The van der Waals surface area contributed by atoms with Crippen LogP contribution in [0.25, 0.3) is 10.9 Å². The lowest BCUT2D eigenvalue weighted by Gasteiger charge is -2.23. The molecule has 0 fully saturated rings. The Morgan fingerprint density at radius 2 is 2.10 bits per heavy atom. The molecule has 4 rings (SSSR count). The Balaban J connectivity index is 1.73. The topological polar surface area (TPSA) is 98.8 Å². The number of aliphatic carboxylic acids is 1. The smallest absolute Gasteiger partial charge is 0.243 e. The van der Waals surface area contributed by atoms with E-state index in [1.807, 2.05) is 31.2 Å². The van der Waals surface area contributed by atoms with Crippen LogP contribution in [0.1, 0.15) is 42.2 Å². The maximum atomic E-state index is 12.7. The second-order valence-corrected chi connectivity index (χ2v) is 7.28. The van der Waals surface area contributed by atoms with Gasteiger partial charge in [0.05, 0.1) is 17.8 Å². The van der Waals surface area contributed by atoms with Gasteiger partial charge in [0.1, 0.15) is 16.6 Å². The van der Waals surface area contributed by atoms with Gasteiger partial charge in [0.15, 0.2) is 0 Å². The van der Waals surface area contributed by atoms with Gasteiger partial charge in [0.2, 0.25) is 5.91 Å². The minimum atomic E-state index is -1.29. The van der Waals surface area contributed by atoms with E-state index in [2.05, 4.69) is 10.1 Å². The molecule has 1 aliphatic rings. The predicted octanol–water partition coefficient (Wildman–Crippen LogP) is 3.00. The van der Waals surface area contributed by atoms with Crippen LogP contribution in [0.2, 0.25) is 5.15 Å². The summed E-state index contributed by atoms with van der Waals surface area (Å²) in [6.07, 6.45) is 1.31. The Bertz CT molecular complexity index is 1120. The number of rotatable bonds is 5. The Labute approximate surface area is 171 Å². The number of pyridine rings is 1. The molecule has 1 atom stereocenters. The van der Waals surface area contributed by atoms with Crippen LogP contribution >= 0.6 is 11.6 Å². The summed E-state index contributed by atoms with van der Waals surface area (Å²) in [5, 5.41) is 17.6. The molecule has 0 unspecified atom stereocenters. The molecule has 0 aliphatic carbocycles. The highest BCUT2D eigenvalue weighted by Crippen LogP contribution is 2.37. The van der Waals surface area contributed by atoms with Gasteiger partial charge < -0.3 is 14.3 Å². The third-order valence-corrected chi connectivity index (χ3v) is 5.13. The molecule has 29 heavy (non-hydrogen) atoms. The number of furan rings is 1. The first-order valence-corrected chi connectivity index (χ1v) is 9.50. The second kappa shape index (κ2) is 7.67. The van der Waals surface area contributed by atoms with Crippen molar-refractivity contribution in [3.05, 3.63) is 64.7 Å². The third-order valence-electron chi connectivity index (χ3n) is 4.83. The predicted molar refractivity (Wildman–Crippen MR) is 105 cm³/mol. The summed E-state index contributed by atoms with van der Waals surface area (Å²) in [6, 6.07) is 10.7. The minimum absolute atomic E-state index is 0.217. The number of hydrazone groups is 1. The molecule has 0 radical (unpaired) electrons. The highest BCUT2D eigenvalue weighted by molar-refractivity contribution is 6.30. The van der Waals surface area contributed by atoms with E-state index in [1.54, 1.807) is 12.1 Å². The third kappa shape index (κ3) is 3.86. The number of carboxylic acid groups (broad SMARTS) is 1. The normalized spacial score (nSPS) is 16.3. The monoisotopic (exact) mass is 410 g/mol. The van der Waals surface area contributed by atoms with Gasteiger partial charge in [-0.05, 0) is 43.2 Å². The number of hydrogen-bond acceptors (Lipinski definition) is 6. The lowest BCUT2D eigenvalue weighted by Crippen LogP contribution is -2.30. The Morgan fingerprint density at radius 3 is 2.83 bits per heavy atom. The fraction of sp³-hybridized carbons (Fsp3) is 0.238. The zero-order valence-electron chi connectivity index (χ0n) is 15.6. The van der Waals surface area contributed by atoms with Gasteiger partial charge in [-0.15, -0.1) is 0 Å². The van der Waals surface area contributed by atoms with E-state index in [4.69, 9.17) is 16.0 Å². The quantitative estimate of drug-likeness (QED) is 0.602. The lowest BCUT2D eigenvalue weighted by molar-refractivity contribution is -0.305. The molecule has 3 aromatic rings. The summed E-state index contributed by atoms with van der Waals surface area (Å²) in [6.45, 7) is 1.97. The van der Waals surface area contributed by atoms with Crippen molar-refractivity contribution in [1.82, 2.24) is 9.99 Å².